The molecule has 0 aliphatic heterocycles. The highest BCUT2D eigenvalue weighted by molar-refractivity contribution is 6.78. The van der Waals surface area contributed by atoms with E-state index in [9.17, 15) is 0 Å². The maximum Gasteiger partial charge on any atom is 0.526 e. The third-order valence-electron chi connectivity index (χ3n) is 4.39. The Kier molecular flexibility index (Phi) is 14.0. The molecule has 0 bridgehead atoms. The molecule has 0 heterocycles. The van der Waals surface area contributed by atoms with Gasteiger partial charge in [0, 0.05) is 39.3 Å². The second kappa shape index (κ2) is 13.5. The van der Waals surface area contributed by atoms with E-state index >= 15 is 0 Å². The minimum atomic E-state index is -2.99. The van der Waals surface area contributed by atoms with Gasteiger partial charge >= 0.3 is 17.4 Å². The van der Waals surface area contributed by atoms with Crippen molar-refractivity contribution in [2.45, 2.75) is 84.6 Å². The molecule has 0 rings (SSSR count). The van der Waals surface area contributed by atoms with E-state index in [1.54, 1.807) is 14.2 Å². The van der Waals surface area contributed by atoms with Gasteiger partial charge < -0.3 is 31.0 Å². The average Bonchev–Trinajstić information content (AvgIpc) is 2.63. The number of hydrogen-bond acceptors (Lipinski definition) is 7. The first-order chi connectivity index (χ1) is 14.7. The van der Waals surface area contributed by atoms with Gasteiger partial charge in [-0.05, 0) is 39.3 Å². The summed E-state index contributed by atoms with van der Waals surface area (Å²) in [5.41, 5.74) is 0. The molecule has 0 spiro atoms. The fraction of sp³-hybridized carbons (Fsp3) is 1.00. The molecule has 0 fully saturated rings. The normalized spacial score (nSPS) is 17.6. The van der Waals surface area contributed by atoms with Crippen molar-refractivity contribution in [3.8, 4) is 0 Å². The highest BCUT2D eigenvalue weighted by atomic mass is 28.4. The molecule has 0 amide bonds. The summed E-state index contributed by atoms with van der Waals surface area (Å²) < 4.78 is 43.9. The van der Waals surface area contributed by atoms with E-state index in [0.717, 1.165) is 6.23 Å². The van der Waals surface area contributed by atoms with Gasteiger partial charge in [0.15, 0.2) is 16.6 Å². The van der Waals surface area contributed by atoms with Gasteiger partial charge in [0.25, 0.3) is 0 Å². The summed E-state index contributed by atoms with van der Waals surface area (Å²) in [5, 5.41) is 0. The minimum Gasteiger partial charge on any atom is -0.416 e. The van der Waals surface area contributed by atoms with Crippen molar-refractivity contribution in [1.29, 1.82) is 0 Å². The summed E-state index contributed by atoms with van der Waals surface area (Å²) in [6.07, 6.45) is 2.34. The van der Waals surface area contributed by atoms with E-state index in [-0.39, 0.29) is 0 Å². The van der Waals surface area contributed by atoms with Gasteiger partial charge in [-0.2, -0.15) is 0 Å². The lowest BCUT2D eigenvalue weighted by atomic mass is 10.9. The van der Waals surface area contributed by atoms with Crippen molar-refractivity contribution in [2.24, 2.45) is 0 Å². The topological polar surface area (TPSA) is 64.6 Å². The molecular formula is C20H54O7Si6. The molecule has 2 unspecified atom stereocenters. The SMILES string of the molecule is CO[Si](CCO[Si](CO[Si](C)(C)C)(OC)OC[Si](C)(C)C)(CO[Si](C)(C)C)OC[Si](C)(C)C. The van der Waals surface area contributed by atoms with Crippen LogP contribution in [-0.4, -0.2) is 95.9 Å². The van der Waals surface area contributed by atoms with E-state index in [1.165, 1.54) is 0 Å². The van der Waals surface area contributed by atoms with Crippen LogP contribution in [0.2, 0.25) is 84.6 Å². The molecule has 2 atom stereocenters. The van der Waals surface area contributed by atoms with Gasteiger partial charge in [-0.25, -0.2) is 0 Å². The fourth-order valence-corrected chi connectivity index (χ4v) is 15.3. The van der Waals surface area contributed by atoms with Crippen molar-refractivity contribution < 1.29 is 31.0 Å². The zero-order valence-electron chi connectivity index (χ0n) is 24.1. The molecule has 0 aromatic carbocycles. The summed E-state index contributed by atoms with van der Waals surface area (Å²) in [4.78, 5) is 0. The molecule has 0 radical (unpaired) electrons. The first-order valence-electron chi connectivity index (χ1n) is 12.0. The highest BCUT2D eigenvalue weighted by Crippen LogP contribution is 2.22. The van der Waals surface area contributed by atoms with Crippen LogP contribution < -0.4 is 0 Å². The third kappa shape index (κ3) is 17.2. The Morgan fingerprint density at radius 3 is 1.30 bits per heavy atom. The van der Waals surface area contributed by atoms with E-state index < -0.39 is 50.1 Å². The van der Waals surface area contributed by atoms with Gasteiger partial charge in [0.05, 0.1) is 22.4 Å². The zero-order valence-corrected chi connectivity index (χ0v) is 30.1. The Morgan fingerprint density at radius 1 is 0.455 bits per heavy atom. The van der Waals surface area contributed by atoms with Crippen molar-refractivity contribution in [2.75, 3.05) is 45.7 Å². The monoisotopic (exact) mass is 574 g/mol. The van der Waals surface area contributed by atoms with Gasteiger partial charge in [-0.15, -0.1) is 0 Å². The molecule has 0 saturated heterocycles. The van der Waals surface area contributed by atoms with E-state index in [4.69, 9.17) is 31.0 Å². The van der Waals surface area contributed by atoms with Gasteiger partial charge in [0.2, 0.25) is 0 Å². The first kappa shape index (κ1) is 34.0. The zero-order chi connectivity index (χ0) is 26.2. The second-order valence-corrected chi connectivity index (χ2v) is 38.9. The van der Waals surface area contributed by atoms with Crippen LogP contribution in [-0.2, 0) is 31.0 Å². The van der Waals surface area contributed by atoms with Crippen molar-refractivity contribution in [3.05, 3.63) is 0 Å². The Bertz CT molecular complexity index is 469. The summed E-state index contributed by atoms with van der Waals surface area (Å²) in [5.74, 6) is 0. The van der Waals surface area contributed by atoms with Crippen LogP contribution in [0.5, 0.6) is 0 Å². The van der Waals surface area contributed by atoms with Crippen LogP contribution in [0, 0.1) is 0 Å². The largest absolute Gasteiger partial charge is 0.526 e. The molecule has 0 saturated carbocycles. The summed E-state index contributed by atoms with van der Waals surface area (Å²) >= 11 is 0. The summed E-state index contributed by atoms with van der Waals surface area (Å²) in [6, 6.07) is 0.666. The van der Waals surface area contributed by atoms with Crippen molar-refractivity contribution in [1.82, 2.24) is 0 Å². The molecule has 0 aliphatic carbocycles. The van der Waals surface area contributed by atoms with Crippen LogP contribution in [0.1, 0.15) is 0 Å². The van der Waals surface area contributed by atoms with Crippen LogP contribution in [0.4, 0.5) is 0 Å². The van der Waals surface area contributed by atoms with E-state index in [1.807, 2.05) is 0 Å². The lowest BCUT2D eigenvalue weighted by Crippen LogP contribution is -2.56. The average molecular weight is 575 g/mol. The number of hydrogen-bond donors (Lipinski definition) is 0. The van der Waals surface area contributed by atoms with Crippen LogP contribution >= 0.6 is 0 Å². The van der Waals surface area contributed by atoms with Gasteiger partial charge in [0.1, 0.15) is 6.23 Å². The van der Waals surface area contributed by atoms with E-state index in [2.05, 4.69) is 78.6 Å². The van der Waals surface area contributed by atoms with Crippen LogP contribution in [0.15, 0.2) is 0 Å². The van der Waals surface area contributed by atoms with Crippen molar-refractivity contribution in [3.63, 3.8) is 0 Å². The Hall–Kier alpha value is 1.02. The molecule has 0 N–H and O–H groups in total. The molecule has 7 nitrogen and oxygen atoms in total. The molecule has 200 valence electrons. The molecule has 13 heteroatoms. The molecule has 0 aliphatic rings. The van der Waals surface area contributed by atoms with Gasteiger partial charge in [-0.3, -0.25) is 0 Å². The van der Waals surface area contributed by atoms with Crippen molar-refractivity contribution >= 4 is 50.1 Å². The molecule has 0 aromatic heterocycles. The standard InChI is InChI=1S/C20H54O7Si6/c1-21-32(19-24-30(9,10)11,26-17-28(3,4)5)16-15-23-33(22-2,20-25-31(12,13)14)27-18-29(6,7)8/h15-20H2,1-14H3. The second-order valence-electron chi connectivity index (χ2n) is 13.1. The maximum atomic E-state index is 6.53. The molecule has 33 heavy (non-hydrogen) atoms. The highest BCUT2D eigenvalue weighted by Gasteiger charge is 2.46. The molecular weight excluding hydrogens is 521 g/mol. The third-order valence-corrected chi connectivity index (χ3v) is 14.9. The van der Waals surface area contributed by atoms with Crippen LogP contribution in [0.25, 0.3) is 0 Å². The fourth-order valence-electron chi connectivity index (χ4n) is 2.38. The minimum absolute atomic E-state index is 0.381. The van der Waals surface area contributed by atoms with Gasteiger partial charge in [-0.1, -0.05) is 39.3 Å². The molecule has 0 aromatic rings. The Labute approximate surface area is 211 Å². The Balaban J connectivity index is 5.53. The van der Waals surface area contributed by atoms with E-state index in [0.29, 0.717) is 31.3 Å². The first-order valence-corrected chi connectivity index (χ1v) is 30.3. The predicted molar refractivity (Wildman–Crippen MR) is 153 cm³/mol. The summed E-state index contributed by atoms with van der Waals surface area (Å²) in [7, 11) is -8.50. The maximum absolute atomic E-state index is 6.53. The van der Waals surface area contributed by atoms with Crippen LogP contribution in [0.3, 0.4) is 0 Å². The summed E-state index contributed by atoms with van der Waals surface area (Å²) in [6.45, 7) is 27.3. The predicted octanol–water partition coefficient (Wildman–Crippen LogP) is 5.25. The Morgan fingerprint density at radius 2 is 0.909 bits per heavy atom. The lowest BCUT2D eigenvalue weighted by Gasteiger charge is -2.36. The lowest BCUT2D eigenvalue weighted by molar-refractivity contribution is 0.0709. The number of rotatable bonds is 18. The smallest absolute Gasteiger partial charge is 0.416 e. The quantitative estimate of drug-likeness (QED) is 0.207.